The zero-order valence-electron chi connectivity index (χ0n) is 18.3. The van der Waals surface area contributed by atoms with Crippen molar-refractivity contribution in [1.29, 1.82) is 0 Å². The number of piperazine rings is 1. The van der Waals surface area contributed by atoms with Crippen LogP contribution in [0, 0.1) is 11.8 Å². The minimum Gasteiger partial charge on any atom is -0.358 e. The van der Waals surface area contributed by atoms with Crippen molar-refractivity contribution in [2.24, 2.45) is 11.8 Å². The third-order valence-electron chi connectivity index (χ3n) is 7.28. The third kappa shape index (κ3) is 4.35. The van der Waals surface area contributed by atoms with E-state index in [-0.39, 0.29) is 54.8 Å². The molecule has 0 aromatic rings. The molecule has 0 bridgehead atoms. The summed E-state index contributed by atoms with van der Waals surface area (Å²) in [4.78, 5) is 52.8. The second-order valence-electron chi connectivity index (χ2n) is 9.47. The van der Waals surface area contributed by atoms with Gasteiger partial charge in [0.25, 0.3) is 0 Å². The van der Waals surface area contributed by atoms with Crippen molar-refractivity contribution in [3.05, 3.63) is 0 Å². The Morgan fingerprint density at radius 2 is 1.74 bits per heavy atom. The van der Waals surface area contributed by atoms with Gasteiger partial charge < -0.3 is 30.5 Å². The molecule has 0 radical (unpaired) electrons. The van der Waals surface area contributed by atoms with E-state index in [4.69, 9.17) is 4.74 Å². The van der Waals surface area contributed by atoms with Crippen LogP contribution in [0.2, 0.25) is 0 Å². The number of urea groups is 1. The molecule has 31 heavy (non-hydrogen) atoms. The standard InChI is InChI=1S/C21H33N5O5/c1-21(2)19(29)22-8-11-26(21)16(28)4-3-15(27)25-9-5-13(6-10-25)17-14-7-12-31-18(14)24-20(30)23-17/h13-14,17-18H,3-12H2,1-2H3,(H,22,29)(H2,23,24,30)/t14-,17-,18-/m0/s1. The van der Waals surface area contributed by atoms with Gasteiger partial charge in [0.15, 0.2) is 0 Å². The number of carbonyl (C=O) groups is 4. The molecule has 0 aliphatic carbocycles. The lowest BCUT2D eigenvalue weighted by Crippen LogP contribution is -2.63. The highest BCUT2D eigenvalue weighted by atomic mass is 16.5. The van der Waals surface area contributed by atoms with Gasteiger partial charge in [0, 0.05) is 57.6 Å². The Kier molecular flexibility index (Phi) is 6.09. The molecule has 0 aromatic carbocycles. The van der Waals surface area contributed by atoms with Crippen LogP contribution < -0.4 is 16.0 Å². The molecule has 0 unspecified atom stereocenters. The van der Waals surface area contributed by atoms with Crippen molar-refractivity contribution in [2.75, 3.05) is 32.8 Å². The maximum absolute atomic E-state index is 12.7. The molecule has 4 heterocycles. The molecule has 4 aliphatic heterocycles. The Balaban J connectivity index is 1.25. The average Bonchev–Trinajstić information content (AvgIpc) is 3.21. The van der Waals surface area contributed by atoms with Crippen LogP contribution in [0.1, 0.15) is 46.0 Å². The van der Waals surface area contributed by atoms with E-state index in [1.807, 2.05) is 4.90 Å². The summed E-state index contributed by atoms with van der Waals surface area (Å²) >= 11 is 0. The molecule has 0 spiro atoms. The fraction of sp³-hybridized carbons (Fsp3) is 0.810. The largest absolute Gasteiger partial charge is 0.358 e. The van der Waals surface area contributed by atoms with E-state index >= 15 is 0 Å². The highest BCUT2D eigenvalue weighted by Crippen LogP contribution is 2.33. The van der Waals surface area contributed by atoms with Crippen LogP contribution in [-0.4, -0.2) is 84.1 Å². The molecule has 4 aliphatic rings. The number of ether oxygens (including phenoxy) is 1. The molecule has 4 saturated heterocycles. The fourth-order valence-electron chi connectivity index (χ4n) is 5.37. The van der Waals surface area contributed by atoms with Gasteiger partial charge in [0.2, 0.25) is 17.7 Å². The number of fused-ring (bicyclic) bond motifs is 1. The van der Waals surface area contributed by atoms with Gasteiger partial charge in [0.1, 0.15) is 11.8 Å². The Morgan fingerprint density at radius 3 is 2.48 bits per heavy atom. The predicted molar refractivity (Wildman–Crippen MR) is 111 cm³/mol. The van der Waals surface area contributed by atoms with Crippen LogP contribution in [0.4, 0.5) is 4.79 Å². The molecule has 5 amide bonds. The Morgan fingerprint density at radius 1 is 1.03 bits per heavy atom. The topological polar surface area (TPSA) is 120 Å². The summed E-state index contributed by atoms with van der Waals surface area (Å²) < 4.78 is 5.64. The van der Waals surface area contributed by atoms with E-state index in [0.29, 0.717) is 38.7 Å². The average molecular weight is 436 g/mol. The van der Waals surface area contributed by atoms with Crippen molar-refractivity contribution in [2.45, 2.75) is 63.8 Å². The van der Waals surface area contributed by atoms with Gasteiger partial charge in [-0.25, -0.2) is 4.79 Å². The predicted octanol–water partition coefficient (Wildman–Crippen LogP) is -0.214. The van der Waals surface area contributed by atoms with Gasteiger partial charge >= 0.3 is 6.03 Å². The number of rotatable bonds is 4. The highest BCUT2D eigenvalue weighted by Gasteiger charge is 2.45. The number of nitrogens with one attached hydrogen (secondary N) is 3. The highest BCUT2D eigenvalue weighted by molar-refractivity contribution is 5.92. The van der Waals surface area contributed by atoms with Gasteiger partial charge in [0.05, 0.1) is 0 Å². The lowest BCUT2D eigenvalue weighted by Gasteiger charge is -2.42. The summed E-state index contributed by atoms with van der Waals surface area (Å²) in [6, 6.07) is -0.105. The normalized spacial score (nSPS) is 30.8. The van der Waals surface area contributed by atoms with Crippen LogP contribution in [0.25, 0.3) is 0 Å². The SMILES string of the molecule is CC1(C)C(=O)NCCN1C(=O)CCC(=O)N1CCC([C@@H]2NC(=O)N[C@H]3OCC[C@H]32)CC1. The van der Waals surface area contributed by atoms with Crippen molar-refractivity contribution < 1.29 is 23.9 Å². The van der Waals surface area contributed by atoms with Gasteiger partial charge in [-0.2, -0.15) is 0 Å². The summed E-state index contributed by atoms with van der Waals surface area (Å²) in [6.45, 7) is 6.28. The summed E-state index contributed by atoms with van der Waals surface area (Å²) in [5, 5.41) is 8.69. The Bertz CT molecular complexity index is 748. The van der Waals surface area contributed by atoms with Crippen LogP contribution in [0.5, 0.6) is 0 Å². The smallest absolute Gasteiger partial charge is 0.317 e. The number of amides is 5. The molecule has 4 rings (SSSR count). The number of likely N-dealkylation sites (tertiary alicyclic amines) is 1. The van der Waals surface area contributed by atoms with E-state index in [2.05, 4.69) is 16.0 Å². The molecule has 0 saturated carbocycles. The number of hydrogen-bond donors (Lipinski definition) is 3. The summed E-state index contributed by atoms with van der Waals surface area (Å²) in [5.41, 5.74) is -0.891. The van der Waals surface area contributed by atoms with Gasteiger partial charge in [-0.05, 0) is 39.0 Å². The first-order chi connectivity index (χ1) is 14.8. The summed E-state index contributed by atoms with van der Waals surface area (Å²) in [7, 11) is 0. The number of nitrogens with zero attached hydrogens (tertiary/aromatic N) is 2. The molecule has 3 atom stereocenters. The lowest BCUT2D eigenvalue weighted by molar-refractivity contribution is -0.150. The fourth-order valence-corrected chi connectivity index (χ4v) is 5.37. The first-order valence-electron chi connectivity index (χ1n) is 11.3. The van der Waals surface area contributed by atoms with Gasteiger partial charge in [-0.15, -0.1) is 0 Å². The number of carbonyl (C=O) groups excluding carboxylic acids is 4. The molecule has 3 N–H and O–H groups in total. The van der Waals surface area contributed by atoms with E-state index in [1.165, 1.54) is 0 Å². The molecule has 4 fully saturated rings. The van der Waals surface area contributed by atoms with E-state index < -0.39 is 5.54 Å². The molecular formula is C21H33N5O5. The van der Waals surface area contributed by atoms with Crippen LogP contribution in [0.15, 0.2) is 0 Å². The quantitative estimate of drug-likeness (QED) is 0.564. The first kappa shape index (κ1) is 21.9. The maximum Gasteiger partial charge on any atom is 0.317 e. The molecule has 10 heteroatoms. The van der Waals surface area contributed by atoms with E-state index in [0.717, 1.165) is 19.3 Å². The van der Waals surface area contributed by atoms with Crippen LogP contribution in [0.3, 0.4) is 0 Å². The second-order valence-corrected chi connectivity index (χ2v) is 9.47. The van der Waals surface area contributed by atoms with Crippen molar-refractivity contribution in [3.8, 4) is 0 Å². The number of hydrogen-bond acceptors (Lipinski definition) is 5. The van der Waals surface area contributed by atoms with Crippen molar-refractivity contribution in [3.63, 3.8) is 0 Å². The first-order valence-corrected chi connectivity index (χ1v) is 11.3. The van der Waals surface area contributed by atoms with E-state index in [9.17, 15) is 19.2 Å². The zero-order chi connectivity index (χ0) is 22.2. The minimum atomic E-state index is -0.891. The Hall–Kier alpha value is -2.36. The Labute approximate surface area is 182 Å². The van der Waals surface area contributed by atoms with E-state index in [1.54, 1.807) is 18.7 Å². The molecule has 0 aromatic heterocycles. The molecule has 10 nitrogen and oxygen atoms in total. The zero-order valence-corrected chi connectivity index (χ0v) is 18.3. The third-order valence-corrected chi connectivity index (χ3v) is 7.28. The summed E-state index contributed by atoms with van der Waals surface area (Å²) in [6.07, 6.45) is 2.64. The van der Waals surface area contributed by atoms with Crippen molar-refractivity contribution >= 4 is 23.8 Å². The van der Waals surface area contributed by atoms with Gasteiger partial charge in [-0.3, -0.25) is 14.4 Å². The second kappa shape index (κ2) is 8.64. The van der Waals surface area contributed by atoms with Crippen LogP contribution in [-0.2, 0) is 19.1 Å². The summed E-state index contributed by atoms with van der Waals surface area (Å²) in [5.74, 6) is 0.238. The monoisotopic (exact) mass is 435 g/mol. The van der Waals surface area contributed by atoms with Gasteiger partial charge in [-0.1, -0.05) is 0 Å². The maximum atomic E-state index is 12.7. The molecule has 172 valence electrons. The van der Waals surface area contributed by atoms with Crippen LogP contribution >= 0.6 is 0 Å². The lowest BCUT2D eigenvalue weighted by atomic mass is 9.79. The molecular weight excluding hydrogens is 402 g/mol. The van der Waals surface area contributed by atoms with Crippen molar-refractivity contribution in [1.82, 2.24) is 25.8 Å². The minimum absolute atomic E-state index is 0.0255. The number of piperidine rings is 1.